The Kier molecular flexibility index (Phi) is 5.51. The van der Waals surface area contributed by atoms with E-state index in [0.29, 0.717) is 5.82 Å². The molecule has 20 heavy (non-hydrogen) atoms. The van der Waals surface area contributed by atoms with Crippen molar-refractivity contribution in [3.8, 4) is 0 Å². The van der Waals surface area contributed by atoms with Gasteiger partial charge in [-0.25, -0.2) is 14.6 Å². The van der Waals surface area contributed by atoms with Gasteiger partial charge in [-0.2, -0.15) is 0 Å². The van der Waals surface area contributed by atoms with Crippen LogP contribution < -0.4 is 10.6 Å². The molecule has 0 saturated carbocycles. The van der Waals surface area contributed by atoms with Crippen LogP contribution in [0.25, 0.3) is 0 Å². The van der Waals surface area contributed by atoms with E-state index in [2.05, 4.69) is 20.6 Å². The van der Waals surface area contributed by atoms with Crippen LogP contribution in [0.1, 0.15) is 31.6 Å². The van der Waals surface area contributed by atoms with Crippen molar-refractivity contribution in [2.45, 2.75) is 31.8 Å². The van der Waals surface area contributed by atoms with Crippen molar-refractivity contribution in [1.29, 1.82) is 0 Å². The number of aromatic amines is 1. The van der Waals surface area contributed by atoms with Crippen molar-refractivity contribution in [2.75, 3.05) is 0 Å². The molecule has 1 rings (SSSR count). The minimum atomic E-state index is -1.29. The number of aromatic nitrogens is 2. The van der Waals surface area contributed by atoms with Gasteiger partial charge in [-0.15, -0.1) is 0 Å². The predicted octanol–water partition coefficient (Wildman–Crippen LogP) is 0.0879. The number of carbonyl (C=O) groups excluding carboxylic acids is 1. The van der Waals surface area contributed by atoms with Crippen LogP contribution in [0.15, 0.2) is 12.4 Å². The Balaban J connectivity index is 2.49. The van der Waals surface area contributed by atoms with E-state index in [4.69, 9.17) is 10.2 Å². The molecular weight excluding hydrogens is 268 g/mol. The Morgan fingerprint density at radius 1 is 1.35 bits per heavy atom. The summed E-state index contributed by atoms with van der Waals surface area (Å²) >= 11 is 0. The van der Waals surface area contributed by atoms with Crippen LogP contribution in [0.4, 0.5) is 4.79 Å². The maximum absolute atomic E-state index is 11.6. The number of carboxylic acid groups (broad SMARTS) is 2. The molecule has 1 heterocycles. The molecule has 9 nitrogen and oxygen atoms in total. The second-order valence-electron chi connectivity index (χ2n) is 4.14. The average molecular weight is 284 g/mol. The van der Waals surface area contributed by atoms with E-state index < -0.39 is 30.1 Å². The molecule has 0 aliphatic rings. The maximum atomic E-state index is 11.6. The first-order valence-corrected chi connectivity index (χ1v) is 5.91. The maximum Gasteiger partial charge on any atom is 0.326 e. The first-order chi connectivity index (χ1) is 9.40. The van der Waals surface area contributed by atoms with Crippen molar-refractivity contribution >= 4 is 18.0 Å². The summed E-state index contributed by atoms with van der Waals surface area (Å²) in [7, 11) is 0. The highest BCUT2D eigenvalue weighted by molar-refractivity contribution is 5.83. The number of hydrogen-bond acceptors (Lipinski definition) is 4. The fourth-order valence-electron chi connectivity index (χ4n) is 1.50. The molecule has 2 amide bonds. The van der Waals surface area contributed by atoms with Crippen LogP contribution in [-0.4, -0.2) is 44.2 Å². The molecule has 1 aromatic heterocycles. The summed E-state index contributed by atoms with van der Waals surface area (Å²) < 4.78 is 0. The Labute approximate surface area is 114 Å². The summed E-state index contributed by atoms with van der Waals surface area (Å²) in [5, 5.41) is 22.1. The lowest BCUT2D eigenvalue weighted by Gasteiger charge is -2.16. The lowest BCUT2D eigenvalue weighted by Crippen LogP contribution is -2.46. The predicted molar refractivity (Wildman–Crippen MR) is 67.0 cm³/mol. The lowest BCUT2D eigenvalue weighted by molar-refractivity contribution is -0.140. The number of imidazole rings is 1. The summed E-state index contributed by atoms with van der Waals surface area (Å²) in [6, 6.07) is -2.39. The topological polar surface area (TPSA) is 144 Å². The number of nitrogens with one attached hydrogen (secondary N) is 3. The molecule has 0 aliphatic carbocycles. The number of amides is 2. The van der Waals surface area contributed by atoms with Crippen LogP contribution >= 0.6 is 0 Å². The van der Waals surface area contributed by atoms with Gasteiger partial charge >= 0.3 is 18.0 Å². The third kappa shape index (κ3) is 4.96. The van der Waals surface area contributed by atoms with Gasteiger partial charge in [0, 0.05) is 18.8 Å². The molecule has 9 heteroatoms. The van der Waals surface area contributed by atoms with Gasteiger partial charge in [0.25, 0.3) is 0 Å². The average Bonchev–Trinajstić information content (AvgIpc) is 2.87. The second-order valence-corrected chi connectivity index (χ2v) is 4.14. The molecule has 0 fully saturated rings. The molecule has 1 aromatic rings. The van der Waals surface area contributed by atoms with Crippen molar-refractivity contribution in [2.24, 2.45) is 0 Å². The number of carboxylic acids is 2. The summed E-state index contributed by atoms with van der Waals surface area (Å²) in [6.07, 6.45) is 2.59. The molecule has 1 unspecified atom stereocenters. The summed E-state index contributed by atoms with van der Waals surface area (Å²) in [5.74, 6) is -1.88. The summed E-state index contributed by atoms with van der Waals surface area (Å²) in [5.41, 5.74) is 0. The van der Waals surface area contributed by atoms with Gasteiger partial charge in [0.15, 0.2) is 0 Å². The lowest BCUT2D eigenvalue weighted by atomic mass is 10.1. The first kappa shape index (κ1) is 15.5. The van der Waals surface area contributed by atoms with Crippen molar-refractivity contribution in [3.63, 3.8) is 0 Å². The van der Waals surface area contributed by atoms with E-state index in [1.165, 1.54) is 6.20 Å². The monoisotopic (exact) mass is 284 g/mol. The number of rotatable bonds is 7. The molecule has 0 radical (unpaired) electrons. The Morgan fingerprint density at radius 3 is 2.55 bits per heavy atom. The molecule has 0 aromatic carbocycles. The quantitative estimate of drug-likeness (QED) is 0.479. The molecular formula is C11H16N4O5. The van der Waals surface area contributed by atoms with Crippen LogP contribution in [0.5, 0.6) is 0 Å². The highest BCUT2D eigenvalue weighted by Gasteiger charge is 2.22. The summed E-state index contributed by atoms with van der Waals surface area (Å²) in [4.78, 5) is 39.7. The van der Waals surface area contributed by atoms with Gasteiger partial charge in [-0.05, 0) is 13.3 Å². The molecule has 110 valence electrons. The van der Waals surface area contributed by atoms with Crippen molar-refractivity contribution in [3.05, 3.63) is 18.2 Å². The van der Waals surface area contributed by atoms with Crippen molar-refractivity contribution < 1.29 is 24.6 Å². The van der Waals surface area contributed by atoms with Gasteiger partial charge in [0.05, 0.1) is 6.04 Å². The number of aliphatic carboxylic acids is 2. The molecule has 2 atom stereocenters. The molecule has 0 spiro atoms. The number of hydrogen-bond donors (Lipinski definition) is 5. The SMILES string of the molecule is CC(NC(=O)N[C@@H](CCC(=O)O)C(=O)O)c1ncc[nH]1. The zero-order valence-electron chi connectivity index (χ0n) is 10.8. The van der Waals surface area contributed by atoms with E-state index >= 15 is 0 Å². The smallest absolute Gasteiger partial charge is 0.326 e. The Bertz CT molecular complexity index is 473. The normalized spacial score (nSPS) is 13.2. The van der Waals surface area contributed by atoms with Crippen LogP contribution in [0.2, 0.25) is 0 Å². The fraction of sp³-hybridized carbons (Fsp3) is 0.455. The van der Waals surface area contributed by atoms with Crippen LogP contribution in [0.3, 0.4) is 0 Å². The minimum absolute atomic E-state index is 0.187. The van der Waals surface area contributed by atoms with Crippen LogP contribution in [0, 0.1) is 0 Å². The zero-order valence-corrected chi connectivity index (χ0v) is 10.8. The highest BCUT2D eigenvalue weighted by atomic mass is 16.4. The van der Waals surface area contributed by atoms with Gasteiger partial charge < -0.3 is 25.8 Å². The first-order valence-electron chi connectivity index (χ1n) is 5.91. The second kappa shape index (κ2) is 7.12. The fourth-order valence-corrected chi connectivity index (χ4v) is 1.50. The van der Waals surface area contributed by atoms with Crippen LogP contribution in [-0.2, 0) is 9.59 Å². The van der Waals surface area contributed by atoms with Crippen molar-refractivity contribution in [1.82, 2.24) is 20.6 Å². The number of carbonyl (C=O) groups is 3. The van der Waals surface area contributed by atoms with Gasteiger partial charge in [-0.1, -0.05) is 0 Å². The standard InChI is InChI=1S/C11H16N4O5/c1-6(9-12-4-5-13-9)14-11(20)15-7(10(18)19)2-3-8(16)17/h4-7H,2-3H2,1H3,(H,12,13)(H,16,17)(H,18,19)(H2,14,15,20)/t6?,7-/m0/s1. The minimum Gasteiger partial charge on any atom is -0.481 e. The van der Waals surface area contributed by atoms with E-state index in [-0.39, 0.29) is 12.8 Å². The largest absolute Gasteiger partial charge is 0.481 e. The molecule has 0 saturated heterocycles. The highest BCUT2D eigenvalue weighted by Crippen LogP contribution is 2.05. The number of urea groups is 1. The Morgan fingerprint density at radius 2 is 2.05 bits per heavy atom. The third-order valence-electron chi connectivity index (χ3n) is 2.53. The van der Waals surface area contributed by atoms with E-state index in [9.17, 15) is 14.4 Å². The molecule has 0 aliphatic heterocycles. The molecule has 0 bridgehead atoms. The number of nitrogens with zero attached hydrogens (tertiary/aromatic N) is 1. The molecule has 5 N–H and O–H groups in total. The number of H-pyrrole nitrogens is 1. The third-order valence-corrected chi connectivity index (χ3v) is 2.53. The van der Waals surface area contributed by atoms with E-state index in [1.54, 1.807) is 13.1 Å². The Hall–Kier alpha value is -2.58. The summed E-state index contributed by atoms with van der Waals surface area (Å²) in [6.45, 7) is 1.67. The van der Waals surface area contributed by atoms with Gasteiger partial charge in [0.1, 0.15) is 11.9 Å². The zero-order chi connectivity index (χ0) is 15.1. The van der Waals surface area contributed by atoms with E-state index in [1.807, 2.05) is 0 Å². The van der Waals surface area contributed by atoms with E-state index in [0.717, 1.165) is 0 Å². The van der Waals surface area contributed by atoms with Gasteiger partial charge in [-0.3, -0.25) is 4.79 Å². The van der Waals surface area contributed by atoms with Gasteiger partial charge in [0.2, 0.25) is 0 Å².